The highest BCUT2D eigenvalue weighted by Crippen LogP contribution is 2.22. The van der Waals surface area contributed by atoms with E-state index in [1.807, 2.05) is 0 Å². The van der Waals surface area contributed by atoms with Crippen LogP contribution in [-0.2, 0) is 9.53 Å². The minimum atomic E-state index is -0.138. The summed E-state index contributed by atoms with van der Waals surface area (Å²) in [5.74, 6) is 5.77. The normalized spacial score (nSPS) is 26.5. The van der Waals surface area contributed by atoms with Crippen molar-refractivity contribution in [2.24, 2.45) is 5.92 Å². The summed E-state index contributed by atoms with van der Waals surface area (Å²) in [4.78, 5) is 11.7. The molecule has 1 unspecified atom stereocenters. The molecular formula is C13H18O2. The highest BCUT2D eigenvalue weighted by molar-refractivity contribution is 5.76. The van der Waals surface area contributed by atoms with Gasteiger partial charge in [0.2, 0.25) is 0 Å². The number of hydrogen-bond donors (Lipinski definition) is 0. The van der Waals surface area contributed by atoms with Gasteiger partial charge in [-0.1, -0.05) is 12.3 Å². The average Bonchev–Trinajstić information content (AvgIpc) is 2.31. The molecule has 0 spiro atoms. The number of rotatable bonds is 2. The Kier molecular flexibility index (Phi) is 3.66. The van der Waals surface area contributed by atoms with Crippen LogP contribution < -0.4 is 0 Å². The summed E-state index contributed by atoms with van der Waals surface area (Å²) in [6.07, 6.45) is 8.83. The third kappa shape index (κ3) is 2.99. The second-order valence-electron chi connectivity index (χ2n) is 4.46. The van der Waals surface area contributed by atoms with Crippen LogP contribution in [-0.4, -0.2) is 12.1 Å². The zero-order chi connectivity index (χ0) is 10.5. The molecule has 0 amide bonds. The maximum absolute atomic E-state index is 11.7. The molecular weight excluding hydrogens is 188 g/mol. The second-order valence-corrected chi connectivity index (χ2v) is 4.46. The lowest BCUT2D eigenvalue weighted by molar-refractivity contribution is -0.153. The number of carbonyl (C=O) groups is 1. The first-order valence-corrected chi connectivity index (χ1v) is 6.05. The van der Waals surface area contributed by atoms with E-state index in [1.165, 1.54) is 19.3 Å². The second kappa shape index (κ2) is 5.21. The van der Waals surface area contributed by atoms with Crippen molar-refractivity contribution in [3.8, 4) is 11.8 Å². The fourth-order valence-corrected chi connectivity index (χ4v) is 2.27. The summed E-state index contributed by atoms with van der Waals surface area (Å²) >= 11 is 0. The quantitative estimate of drug-likeness (QED) is 0.513. The number of esters is 1. The highest BCUT2D eigenvalue weighted by Gasteiger charge is 2.23. The summed E-state index contributed by atoms with van der Waals surface area (Å²) in [6, 6.07) is 0. The maximum Gasteiger partial charge on any atom is 0.321 e. The molecule has 0 aromatic carbocycles. The van der Waals surface area contributed by atoms with Gasteiger partial charge in [0.25, 0.3) is 0 Å². The van der Waals surface area contributed by atoms with Gasteiger partial charge in [0, 0.05) is 6.42 Å². The van der Waals surface area contributed by atoms with E-state index in [9.17, 15) is 4.79 Å². The van der Waals surface area contributed by atoms with Crippen molar-refractivity contribution in [2.75, 3.05) is 0 Å². The van der Waals surface area contributed by atoms with Crippen LogP contribution in [0.5, 0.6) is 0 Å². The number of carbonyl (C=O) groups excluding carboxylic acids is 1. The van der Waals surface area contributed by atoms with Crippen molar-refractivity contribution in [3.05, 3.63) is 0 Å². The topological polar surface area (TPSA) is 26.3 Å². The first-order chi connectivity index (χ1) is 7.36. The molecule has 0 radical (unpaired) electrons. The molecule has 2 aliphatic rings. The number of hydrogen-bond acceptors (Lipinski definition) is 2. The Labute approximate surface area is 91.4 Å². The van der Waals surface area contributed by atoms with E-state index in [1.54, 1.807) is 0 Å². The molecule has 1 saturated carbocycles. The van der Waals surface area contributed by atoms with Crippen LogP contribution in [0.4, 0.5) is 0 Å². The molecule has 1 atom stereocenters. The molecule has 15 heavy (non-hydrogen) atoms. The van der Waals surface area contributed by atoms with E-state index in [0.717, 1.165) is 32.1 Å². The van der Waals surface area contributed by atoms with Gasteiger partial charge in [-0.05, 0) is 38.5 Å². The van der Waals surface area contributed by atoms with E-state index in [0.29, 0.717) is 0 Å². The molecule has 2 aliphatic carbocycles. The van der Waals surface area contributed by atoms with E-state index < -0.39 is 0 Å². The van der Waals surface area contributed by atoms with Crippen LogP contribution >= 0.6 is 0 Å². The Morgan fingerprint density at radius 1 is 1.07 bits per heavy atom. The Hall–Kier alpha value is -0.970. The van der Waals surface area contributed by atoms with Gasteiger partial charge in [-0.15, -0.1) is 5.92 Å². The van der Waals surface area contributed by atoms with E-state index in [4.69, 9.17) is 4.74 Å². The average molecular weight is 206 g/mol. The zero-order valence-electron chi connectivity index (χ0n) is 9.13. The largest absolute Gasteiger partial charge is 0.461 e. The fraction of sp³-hybridized carbons (Fsp3) is 0.769. The maximum atomic E-state index is 11.7. The summed E-state index contributed by atoms with van der Waals surface area (Å²) in [7, 11) is 0. The monoisotopic (exact) mass is 206 g/mol. The van der Waals surface area contributed by atoms with E-state index in [2.05, 4.69) is 11.8 Å². The Bertz CT molecular complexity index is 279. The molecule has 2 nitrogen and oxygen atoms in total. The van der Waals surface area contributed by atoms with E-state index >= 15 is 0 Å². The summed E-state index contributed by atoms with van der Waals surface area (Å²) in [5.41, 5.74) is 0. The molecule has 0 aliphatic heterocycles. The van der Waals surface area contributed by atoms with Crippen molar-refractivity contribution < 1.29 is 9.53 Å². The minimum absolute atomic E-state index is 0.0749. The summed E-state index contributed by atoms with van der Waals surface area (Å²) in [6.45, 7) is 0. The van der Waals surface area contributed by atoms with Gasteiger partial charge in [0.15, 0.2) is 0 Å². The summed E-state index contributed by atoms with van der Waals surface area (Å²) in [5, 5.41) is 0. The minimum Gasteiger partial charge on any atom is -0.461 e. The van der Waals surface area contributed by atoms with Crippen molar-refractivity contribution >= 4 is 5.97 Å². The predicted molar refractivity (Wildman–Crippen MR) is 58.1 cm³/mol. The Balaban J connectivity index is 1.81. The van der Waals surface area contributed by atoms with Crippen LogP contribution in [0.25, 0.3) is 0 Å². The van der Waals surface area contributed by atoms with Crippen LogP contribution in [0.1, 0.15) is 51.4 Å². The zero-order valence-corrected chi connectivity index (χ0v) is 9.13. The SMILES string of the molecule is O=C(OC1CCCCC1)C1C#CCCC1. The van der Waals surface area contributed by atoms with Crippen LogP contribution in [0.15, 0.2) is 0 Å². The van der Waals surface area contributed by atoms with Gasteiger partial charge in [0.1, 0.15) is 12.0 Å². The molecule has 1 fully saturated rings. The Morgan fingerprint density at radius 2 is 1.87 bits per heavy atom. The first kappa shape index (κ1) is 10.5. The predicted octanol–water partition coefficient (Wildman–Crippen LogP) is 2.67. The lowest BCUT2D eigenvalue weighted by Crippen LogP contribution is -2.26. The van der Waals surface area contributed by atoms with Crippen LogP contribution in [0.3, 0.4) is 0 Å². The standard InChI is InChI=1S/C13H18O2/c14-13(11-7-3-1-4-8-11)15-12-9-5-2-6-10-12/h11-12H,1-3,5-7,9-10H2. The van der Waals surface area contributed by atoms with Gasteiger partial charge < -0.3 is 4.74 Å². The lowest BCUT2D eigenvalue weighted by Gasteiger charge is -2.23. The van der Waals surface area contributed by atoms with Gasteiger partial charge in [-0.2, -0.15) is 0 Å². The van der Waals surface area contributed by atoms with Gasteiger partial charge >= 0.3 is 5.97 Å². The van der Waals surface area contributed by atoms with Gasteiger partial charge in [0.05, 0.1) is 0 Å². The molecule has 2 rings (SSSR count). The third-order valence-corrected chi connectivity index (χ3v) is 3.19. The third-order valence-electron chi connectivity index (χ3n) is 3.19. The molecule has 0 saturated heterocycles. The molecule has 0 bridgehead atoms. The smallest absolute Gasteiger partial charge is 0.321 e. The van der Waals surface area contributed by atoms with Crippen LogP contribution in [0, 0.1) is 17.8 Å². The highest BCUT2D eigenvalue weighted by atomic mass is 16.5. The van der Waals surface area contributed by atoms with E-state index in [-0.39, 0.29) is 18.0 Å². The molecule has 0 N–H and O–H groups in total. The van der Waals surface area contributed by atoms with Crippen molar-refractivity contribution in [1.82, 2.24) is 0 Å². The molecule has 0 aromatic heterocycles. The number of ether oxygens (including phenoxy) is 1. The van der Waals surface area contributed by atoms with Crippen LogP contribution in [0.2, 0.25) is 0 Å². The Morgan fingerprint density at radius 3 is 2.53 bits per heavy atom. The molecule has 0 aromatic rings. The fourth-order valence-electron chi connectivity index (χ4n) is 2.27. The van der Waals surface area contributed by atoms with Gasteiger partial charge in [-0.3, -0.25) is 4.79 Å². The molecule has 82 valence electrons. The molecule has 0 heterocycles. The van der Waals surface area contributed by atoms with Crippen molar-refractivity contribution in [1.29, 1.82) is 0 Å². The van der Waals surface area contributed by atoms with Gasteiger partial charge in [-0.25, -0.2) is 0 Å². The van der Waals surface area contributed by atoms with Crippen molar-refractivity contribution in [3.63, 3.8) is 0 Å². The first-order valence-electron chi connectivity index (χ1n) is 6.05. The van der Waals surface area contributed by atoms with Crippen molar-refractivity contribution in [2.45, 2.75) is 57.5 Å². The summed E-state index contributed by atoms with van der Waals surface area (Å²) < 4.78 is 5.49. The molecule has 2 heteroatoms. The lowest BCUT2D eigenvalue weighted by atomic mass is 9.96.